The van der Waals surface area contributed by atoms with Gasteiger partial charge in [-0.15, -0.1) is 0 Å². The molecule has 0 aromatic heterocycles. The third kappa shape index (κ3) is 2.34. The van der Waals surface area contributed by atoms with Gasteiger partial charge in [-0.1, -0.05) is 60.7 Å². The Balaban J connectivity index is 1.62. The molecule has 4 nitrogen and oxygen atoms in total. The average molecular weight is 342 g/mol. The first kappa shape index (κ1) is 15.0. The highest BCUT2D eigenvalue weighted by molar-refractivity contribution is 6.04. The summed E-state index contributed by atoms with van der Waals surface area (Å²) in [5, 5.41) is 17.1. The second-order valence-corrected chi connectivity index (χ2v) is 6.58. The van der Waals surface area contributed by atoms with E-state index in [0.717, 1.165) is 34.6 Å². The number of para-hydroxylation sites is 2. The van der Waals surface area contributed by atoms with Crippen molar-refractivity contribution in [1.82, 2.24) is 5.01 Å². The van der Waals surface area contributed by atoms with Gasteiger partial charge in [0.15, 0.2) is 0 Å². The Kier molecular flexibility index (Phi) is 3.42. The minimum Gasteiger partial charge on any atom is -0.507 e. The van der Waals surface area contributed by atoms with Gasteiger partial charge in [0.05, 0.1) is 11.8 Å². The highest BCUT2D eigenvalue weighted by Crippen LogP contribution is 2.47. The van der Waals surface area contributed by atoms with Crippen molar-refractivity contribution < 1.29 is 9.84 Å². The van der Waals surface area contributed by atoms with Crippen LogP contribution in [0.1, 0.15) is 35.4 Å². The minimum absolute atomic E-state index is 0.0970. The maximum atomic E-state index is 10.3. The van der Waals surface area contributed by atoms with Gasteiger partial charge in [-0.3, -0.25) is 0 Å². The summed E-state index contributed by atoms with van der Waals surface area (Å²) in [6, 6.07) is 25.7. The Labute approximate surface area is 152 Å². The number of ether oxygens (including phenoxy) is 1. The smallest absolute Gasteiger partial charge is 0.213 e. The number of rotatable bonds is 2. The van der Waals surface area contributed by atoms with Gasteiger partial charge in [0.25, 0.3) is 0 Å². The molecule has 3 aromatic carbocycles. The van der Waals surface area contributed by atoms with E-state index in [9.17, 15) is 5.11 Å². The van der Waals surface area contributed by atoms with Gasteiger partial charge < -0.3 is 9.84 Å². The maximum absolute atomic E-state index is 10.3. The summed E-state index contributed by atoms with van der Waals surface area (Å²) in [5.41, 5.74) is 3.86. The molecule has 5 rings (SSSR count). The van der Waals surface area contributed by atoms with Crippen molar-refractivity contribution in [2.45, 2.75) is 18.7 Å². The number of phenolic OH excluding ortho intramolecular Hbond substituents is 1. The molecule has 4 heteroatoms. The van der Waals surface area contributed by atoms with E-state index in [1.807, 2.05) is 59.6 Å². The van der Waals surface area contributed by atoms with Crippen LogP contribution < -0.4 is 4.74 Å². The van der Waals surface area contributed by atoms with E-state index in [2.05, 4.69) is 18.2 Å². The van der Waals surface area contributed by atoms with Gasteiger partial charge in [0.2, 0.25) is 6.23 Å². The molecule has 0 fully saturated rings. The Morgan fingerprint density at radius 1 is 0.885 bits per heavy atom. The van der Waals surface area contributed by atoms with Crippen molar-refractivity contribution in [3.05, 3.63) is 95.6 Å². The Hall–Kier alpha value is -3.27. The summed E-state index contributed by atoms with van der Waals surface area (Å²) < 4.78 is 6.30. The second kappa shape index (κ2) is 5.92. The van der Waals surface area contributed by atoms with Gasteiger partial charge in [-0.2, -0.15) is 5.10 Å². The fourth-order valence-electron chi connectivity index (χ4n) is 3.75. The second-order valence-electron chi connectivity index (χ2n) is 6.58. The lowest BCUT2D eigenvalue weighted by Gasteiger charge is -2.38. The number of hydrogen-bond acceptors (Lipinski definition) is 4. The zero-order chi connectivity index (χ0) is 17.5. The molecule has 0 radical (unpaired) electrons. The molecule has 0 bridgehead atoms. The molecule has 0 saturated carbocycles. The van der Waals surface area contributed by atoms with Crippen molar-refractivity contribution in [1.29, 1.82) is 0 Å². The molecular weight excluding hydrogens is 324 g/mol. The molecule has 2 aliphatic rings. The molecule has 0 saturated heterocycles. The standard InChI is InChI=1S/C22H18N2O2/c25-20-12-6-4-10-16(20)18-14-19-17-11-5-7-13-21(17)26-22(24(19)23-18)15-8-2-1-3-9-15/h1-13,19,22,25H,14H2/t19-,22-/m1/s1. The molecule has 0 aliphatic carbocycles. The Morgan fingerprint density at radius 3 is 2.46 bits per heavy atom. The minimum atomic E-state index is -0.278. The van der Waals surface area contributed by atoms with Crippen LogP contribution >= 0.6 is 0 Å². The zero-order valence-electron chi connectivity index (χ0n) is 14.1. The predicted octanol–water partition coefficient (Wildman–Crippen LogP) is 4.63. The lowest BCUT2D eigenvalue weighted by Crippen LogP contribution is -2.33. The molecule has 128 valence electrons. The molecule has 1 N–H and O–H groups in total. The molecule has 2 atom stereocenters. The number of benzene rings is 3. The number of nitrogens with zero attached hydrogens (tertiary/aromatic N) is 2. The first-order chi connectivity index (χ1) is 12.8. The predicted molar refractivity (Wildman–Crippen MR) is 100 cm³/mol. The summed E-state index contributed by atoms with van der Waals surface area (Å²) in [7, 11) is 0. The SMILES string of the molecule is Oc1ccccc1C1=NN2[C@H](C1)c1ccccc1O[C@@H]2c1ccccc1. The van der Waals surface area contributed by atoms with Crippen LogP contribution in [-0.4, -0.2) is 15.8 Å². The largest absolute Gasteiger partial charge is 0.507 e. The molecule has 2 aliphatic heterocycles. The maximum Gasteiger partial charge on any atom is 0.213 e. The summed E-state index contributed by atoms with van der Waals surface area (Å²) in [6.45, 7) is 0. The van der Waals surface area contributed by atoms with E-state index in [-0.39, 0.29) is 18.0 Å². The third-order valence-electron chi connectivity index (χ3n) is 5.00. The van der Waals surface area contributed by atoms with Gasteiger partial charge in [-0.25, -0.2) is 5.01 Å². The summed E-state index contributed by atoms with van der Waals surface area (Å²) in [4.78, 5) is 0. The van der Waals surface area contributed by atoms with Crippen molar-refractivity contribution in [3.63, 3.8) is 0 Å². The first-order valence-corrected chi connectivity index (χ1v) is 8.76. The molecule has 0 spiro atoms. The number of phenols is 1. The van der Waals surface area contributed by atoms with Crippen molar-refractivity contribution in [2.75, 3.05) is 0 Å². The third-order valence-corrected chi connectivity index (χ3v) is 5.00. The number of aromatic hydroxyl groups is 1. The van der Waals surface area contributed by atoms with Crippen LogP contribution in [0.25, 0.3) is 0 Å². The van der Waals surface area contributed by atoms with E-state index in [1.54, 1.807) is 6.07 Å². The normalized spacial score (nSPS) is 20.8. The van der Waals surface area contributed by atoms with Crippen LogP contribution in [0.4, 0.5) is 0 Å². The van der Waals surface area contributed by atoms with Crippen LogP contribution in [0.5, 0.6) is 11.5 Å². The fourth-order valence-corrected chi connectivity index (χ4v) is 3.75. The number of hydrogen-bond donors (Lipinski definition) is 1. The van der Waals surface area contributed by atoms with Gasteiger partial charge >= 0.3 is 0 Å². The van der Waals surface area contributed by atoms with Gasteiger partial charge in [-0.05, 0) is 18.2 Å². The molecule has 0 unspecified atom stereocenters. The van der Waals surface area contributed by atoms with E-state index in [4.69, 9.17) is 9.84 Å². The lowest BCUT2D eigenvalue weighted by atomic mass is 9.95. The zero-order valence-corrected chi connectivity index (χ0v) is 14.1. The van der Waals surface area contributed by atoms with E-state index >= 15 is 0 Å². The lowest BCUT2D eigenvalue weighted by molar-refractivity contribution is -0.0190. The topological polar surface area (TPSA) is 45.1 Å². The highest BCUT2D eigenvalue weighted by Gasteiger charge is 2.41. The first-order valence-electron chi connectivity index (χ1n) is 8.76. The molecule has 26 heavy (non-hydrogen) atoms. The molecule has 3 aromatic rings. The van der Waals surface area contributed by atoms with Crippen LogP contribution in [-0.2, 0) is 0 Å². The van der Waals surface area contributed by atoms with Crippen LogP contribution in [0.3, 0.4) is 0 Å². The molecule has 2 heterocycles. The van der Waals surface area contributed by atoms with Crippen molar-refractivity contribution >= 4 is 5.71 Å². The van der Waals surface area contributed by atoms with E-state index < -0.39 is 0 Å². The molecular formula is C22H18N2O2. The van der Waals surface area contributed by atoms with Crippen LogP contribution in [0, 0.1) is 0 Å². The average Bonchev–Trinajstić information content (AvgIpc) is 3.14. The van der Waals surface area contributed by atoms with Crippen LogP contribution in [0.15, 0.2) is 84.0 Å². The summed E-state index contributed by atoms with van der Waals surface area (Å²) in [6.07, 6.45) is 0.459. The number of hydrazone groups is 1. The number of fused-ring (bicyclic) bond motifs is 3. The van der Waals surface area contributed by atoms with Crippen molar-refractivity contribution in [3.8, 4) is 11.5 Å². The molecule has 0 amide bonds. The van der Waals surface area contributed by atoms with E-state index in [1.165, 1.54) is 0 Å². The van der Waals surface area contributed by atoms with E-state index in [0.29, 0.717) is 0 Å². The van der Waals surface area contributed by atoms with Gasteiger partial charge in [0.1, 0.15) is 11.5 Å². The van der Waals surface area contributed by atoms with Crippen molar-refractivity contribution in [2.24, 2.45) is 5.10 Å². The Morgan fingerprint density at radius 2 is 1.62 bits per heavy atom. The summed E-state index contributed by atoms with van der Waals surface area (Å²) >= 11 is 0. The Bertz CT molecular complexity index is 984. The quantitative estimate of drug-likeness (QED) is 0.738. The van der Waals surface area contributed by atoms with Gasteiger partial charge in [0, 0.05) is 23.1 Å². The summed E-state index contributed by atoms with van der Waals surface area (Å²) in [5.74, 6) is 1.16. The fraction of sp³-hybridized carbons (Fsp3) is 0.136. The van der Waals surface area contributed by atoms with Crippen LogP contribution in [0.2, 0.25) is 0 Å². The monoisotopic (exact) mass is 342 g/mol. The highest BCUT2D eigenvalue weighted by atomic mass is 16.5.